The molecule has 0 aliphatic heterocycles. The van der Waals surface area contributed by atoms with Crippen molar-refractivity contribution >= 4 is 46.1 Å². The quantitative estimate of drug-likeness (QED) is 0.695. The fourth-order valence-electron chi connectivity index (χ4n) is 2.00. The number of amides is 1. The first-order valence-electron chi connectivity index (χ1n) is 7.04. The minimum atomic E-state index is -0.364. The van der Waals surface area contributed by atoms with E-state index in [1.165, 1.54) is 18.0 Å². The average Bonchev–Trinajstić information content (AvgIpc) is 2.96. The summed E-state index contributed by atoms with van der Waals surface area (Å²) >= 11 is 7.19. The molecule has 120 valence electrons. The Hall–Kier alpha value is -2.56. The van der Waals surface area contributed by atoms with E-state index >= 15 is 0 Å². The lowest BCUT2D eigenvalue weighted by molar-refractivity contribution is -0.115. The Kier molecular flexibility index (Phi) is 4.69. The first kappa shape index (κ1) is 16.3. The summed E-state index contributed by atoms with van der Waals surface area (Å²) in [6, 6.07) is 10.5. The maximum atomic E-state index is 12.3. The number of nitriles is 1. The highest BCUT2D eigenvalue weighted by atomic mass is 35.5. The molecule has 0 saturated heterocycles. The van der Waals surface area contributed by atoms with E-state index < -0.39 is 0 Å². The highest BCUT2D eigenvalue weighted by molar-refractivity contribution is 8.00. The second-order valence-electron chi connectivity index (χ2n) is 5.01. The number of carbonyl (C=O) groups is 1. The average molecular weight is 358 g/mol. The lowest BCUT2D eigenvalue weighted by Crippen LogP contribution is -2.22. The highest BCUT2D eigenvalue weighted by Gasteiger charge is 2.17. The predicted molar refractivity (Wildman–Crippen MR) is 94.0 cm³/mol. The lowest BCUT2D eigenvalue weighted by Gasteiger charge is -2.10. The molecule has 8 heteroatoms. The van der Waals surface area contributed by atoms with Crippen molar-refractivity contribution in [1.82, 2.24) is 15.0 Å². The first-order valence-corrected chi connectivity index (χ1v) is 8.30. The third kappa shape index (κ3) is 3.67. The van der Waals surface area contributed by atoms with Gasteiger partial charge in [0.1, 0.15) is 0 Å². The lowest BCUT2D eigenvalue weighted by atomic mass is 10.2. The third-order valence-electron chi connectivity index (χ3n) is 3.22. The molecular formula is C16H12ClN5OS. The molecule has 2 N–H and O–H groups in total. The Bertz CT molecular complexity index is 932. The van der Waals surface area contributed by atoms with Crippen LogP contribution in [0.25, 0.3) is 11.2 Å². The number of aromatic nitrogens is 3. The Morgan fingerprint density at radius 1 is 1.42 bits per heavy atom. The van der Waals surface area contributed by atoms with E-state index in [4.69, 9.17) is 16.9 Å². The number of anilines is 1. The molecule has 0 saturated carbocycles. The van der Waals surface area contributed by atoms with Crippen molar-refractivity contribution in [1.29, 1.82) is 5.26 Å². The zero-order chi connectivity index (χ0) is 17.1. The van der Waals surface area contributed by atoms with Crippen LogP contribution in [-0.4, -0.2) is 26.1 Å². The summed E-state index contributed by atoms with van der Waals surface area (Å²) in [4.78, 5) is 23.8. The van der Waals surface area contributed by atoms with Crippen molar-refractivity contribution in [3.8, 4) is 6.07 Å². The molecule has 2 aromatic heterocycles. The van der Waals surface area contributed by atoms with Crippen LogP contribution >= 0.6 is 23.4 Å². The fourth-order valence-corrected chi connectivity index (χ4v) is 2.97. The van der Waals surface area contributed by atoms with Gasteiger partial charge in [-0.05, 0) is 37.3 Å². The molecular weight excluding hydrogens is 346 g/mol. The van der Waals surface area contributed by atoms with Crippen molar-refractivity contribution in [3.05, 3.63) is 47.1 Å². The van der Waals surface area contributed by atoms with Crippen LogP contribution in [0.5, 0.6) is 0 Å². The normalized spacial score (nSPS) is 11.9. The van der Waals surface area contributed by atoms with Gasteiger partial charge in [0.25, 0.3) is 0 Å². The molecule has 0 fully saturated rings. The second kappa shape index (κ2) is 6.91. The van der Waals surface area contributed by atoms with E-state index in [0.717, 1.165) is 5.52 Å². The minimum Gasteiger partial charge on any atom is -0.331 e. The van der Waals surface area contributed by atoms with Crippen LogP contribution in [0.15, 0.2) is 41.7 Å². The smallest absolute Gasteiger partial charge is 0.237 e. The number of fused-ring (bicyclic) bond motifs is 1. The van der Waals surface area contributed by atoms with E-state index in [9.17, 15) is 4.79 Å². The number of pyridine rings is 1. The number of hydrogen-bond acceptors (Lipinski definition) is 5. The number of hydrogen-bond donors (Lipinski definition) is 2. The maximum absolute atomic E-state index is 12.3. The summed E-state index contributed by atoms with van der Waals surface area (Å²) in [6.45, 7) is 1.79. The van der Waals surface area contributed by atoms with Gasteiger partial charge in [0, 0.05) is 11.9 Å². The number of aromatic amines is 1. The molecule has 1 amide bonds. The topological polar surface area (TPSA) is 94.5 Å². The zero-order valence-corrected chi connectivity index (χ0v) is 14.1. The molecule has 2 heterocycles. The van der Waals surface area contributed by atoms with E-state index in [1.807, 2.05) is 6.07 Å². The maximum Gasteiger partial charge on any atom is 0.237 e. The van der Waals surface area contributed by atoms with Gasteiger partial charge in [-0.25, -0.2) is 9.97 Å². The Morgan fingerprint density at radius 3 is 2.88 bits per heavy atom. The summed E-state index contributed by atoms with van der Waals surface area (Å²) in [6.07, 6.45) is 1.53. The van der Waals surface area contributed by atoms with Crippen LogP contribution in [0.1, 0.15) is 12.5 Å². The standard InChI is InChI=1S/C16H12ClN5OS/c1-9(15(23)20-12-4-2-10(7-18)3-5-12)24-16-21-13-6-11(17)8-19-14(13)22-16/h2-6,8-9H,1H3,(H,20,23)(H,19,21,22)/t9-/m1/s1. The summed E-state index contributed by atoms with van der Waals surface area (Å²) < 4.78 is 0. The largest absolute Gasteiger partial charge is 0.331 e. The number of thioether (sulfide) groups is 1. The number of H-pyrrole nitrogens is 1. The van der Waals surface area contributed by atoms with Crippen LogP contribution in [0.3, 0.4) is 0 Å². The molecule has 0 aliphatic rings. The number of carbonyl (C=O) groups excluding carboxylic acids is 1. The zero-order valence-electron chi connectivity index (χ0n) is 12.6. The summed E-state index contributed by atoms with van der Waals surface area (Å²) in [5.41, 5.74) is 2.47. The number of rotatable bonds is 4. The van der Waals surface area contributed by atoms with Gasteiger partial charge in [-0.1, -0.05) is 23.4 Å². The van der Waals surface area contributed by atoms with E-state index in [-0.39, 0.29) is 11.2 Å². The molecule has 0 bridgehead atoms. The SMILES string of the molecule is C[C@@H](Sc1nc2ncc(Cl)cc2[nH]1)C(=O)Nc1ccc(C#N)cc1. The number of benzene rings is 1. The number of nitrogens with one attached hydrogen (secondary N) is 2. The molecule has 0 radical (unpaired) electrons. The van der Waals surface area contributed by atoms with Crippen molar-refractivity contribution in [2.75, 3.05) is 5.32 Å². The van der Waals surface area contributed by atoms with Crippen LogP contribution in [0, 0.1) is 11.3 Å². The van der Waals surface area contributed by atoms with Crippen molar-refractivity contribution in [2.24, 2.45) is 0 Å². The van der Waals surface area contributed by atoms with Crippen molar-refractivity contribution in [3.63, 3.8) is 0 Å². The first-order chi connectivity index (χ1) is 11.5. The molecule has 0 spiro atoms. The molecule has 6 nitrogen and oxygen atoms in total. The van der Waals surface area contributed by atoms with Gasteiger partial charge < -0.3 is 10.3 Å². The Morgan fingerprint density at radius 2 is 2.17 bits per heavy atom. The number of nitrogens with zero attached hydrogens (tertiary/aromatic N) is 3. The van der Waals surface area contributed by atoms with Crippen LogP contribution in [0.2, 0.25) is 5.02 Å². The van der Waals surface area contributed by atoms with Gasteiger partial charge in [-0.3, -0.25) is 4.79 Å². The van der Waals surface area contributed by atoms with Crippen LogP contribution in [0.4, 0.5) is 5.69 Å². The Labute approximate surface area is 147 Å². The predicted octanol–water partition coefficient (Wildman–Crippen LogP) is 3.60. The molecule has 1 atom stereocenters. The monoisotopic (exact) mass is 357 g/mol. The van der Waals surface area contributed by atoms with E-state index in [1.54, 1.807) is 37.3 Å². The molecule has 3 rings (SSSR count). The van der Waals surface area contributed by atoms with Gasteiger partial charge in [-0.15, -0.1) is 0 Å². The van der Waals surface area contributed by atoms with Gasteiger partial charge >= 0.3 is 0 Å². The number of imidazole rings is 1. The Balaban J connectivity index is 1.67. The van der Waals surface area contributed by atoms with E-state index in [0.29, 0.717) is 27.1 Å². The molecule has 3 aromatic rings. The number of halogens is 1. The summed E-state index contributed by atoms with van der Waals surface area (Å²) in [5, 5.41) is 12.3. The van der Waals surface area contributed by atoms with Gasteiger partial charge in [-0.2, -0.15) is 5.26 Å². The highest BCUT2D eigenvalue weighted by Crippen LogP contribution is 2.24. The van der Waals surface area contributed by atoms with Crippen molar-refractivity contribution in [2.45, 2.75) is 17.3 Å². The van der Waals surface area contributed by atoms with Gasteiger partial charge in [0.15, 0.2) is 10.8 Å². The van der Waals surface area contributed by atoms with E-state index in [2.05, 4.69) is 20.3 Å². The fraction of sp³-hybridized carbons (Fsp3) is 0.125. The summed E-state index contributed by atoms with van der Waals surface area (Å²) in [7, 11) is 0. The van der Waals surface area contributed by atoms with Crippen LogP contribution in [-0.2, 0) is 4.79 Å². The summed E-state index contributed by atoms with van der Waals surface area (Å²) in [5.74, 6) is -0.156. The van der Waals surface area contributed by atoms with Gasteiger partial charge in [0.2, 0.25) is 5.91 Å². The second-order valence-corrected chi connectivity index (χ2v) is 6.77. The molecule has 1 aromatic carbocycles. The van der Waals surface area contributed by atoms with Crippen molar-refractivity contribution < 1.29 is 4.79 Å². The van der Waals surface area contributed by atoms with Gasteiger partial charge in [0.05, 0.1) is 27.4 Å². The molecule has 24 heavy (non-hydrogen) atoms. The minimum absolute atomic E-state index is 0.156. The molecule has 0 aliphatic carbocycles. The third-order valence-corrected chi connectivity index (χ3v) is 4.41. The molecule has 0 unspecified atom stereocenters. The van der Waals surface area contributed by atoms with Crippen LogP contribution < -0.4 is 5.32 Å².